The average Bonchev–Trinajstić information content (AvgIpc) is 2.43. The van der Waals surface area contributed by atoms with E-state index in [9.17, 15) is 13.2 Å². The zero-order chi connectivity index (χ0) is 11.6. The van der Waals surface area contributed by atoms with Crippen molar-refractivity contribution in [1.82, 2.24) is 4.72 Å². The maximum atomic E-state index is 11.6. The number of thiophene rings is 1. The molecule has 0 atom stereocenters. The zero-order valence-corrected chi connectivity index (χ0v) is 12.0. The smallest absolute Gasteiger partial charge is 0.243 e. The summed E-state index contributed by atoms with van der Waals surface area (Å²) in [5, 5.41) is 0. The van der Waals surface area contributed by atoms with Crippen LogP contribution < -0.4 is 10.5 Å². The molecule has 0 radical (unpaired) electrons. The number of nitrogens with two attached hydrogens (primary N) is 1. The molecule has 9 heteroatoms. The lowest BCUT2D eigenvalue weighted by molar-refractivity contribution is -0.116. The van der Waals surface area contributed by atoms with Crippen LogP contribution in [0.15, 0.2) is 18.5 Å². The fraction of sp³-hybridized carbons (Fsp3) is 0.167. The molecule has 0 saturated heterocycles. The van der Waals surface area contributed by atoms with E-state index in [4.69, 9.17) is 5.73 Å². The normalized spacial score (nSPS) is 11.6. The van der Waals surface area contributed by atoms with Crippen molar-refractivity contribution in [3.05, 3.63) is 13.6 Å². The summed E-state index contributed by atoms with van der Waals surface area (Å²) in [5.41, 5.74) is 4.84. The molecule has 0 spiro atoms. The summed E-state index contributed by atoms with van der Waals surface area (Å²) in [4.78, 5) is 10.5. The van der Waals surface area contributed by atoms with Crippen molar-refractivity contribution in [2.75, 3.05) is 6.54 Å². The molecule has 1 rings (SSSR count). The van der Waals surface area contributed by atoms with Crippen LogP contribution in [0.1, 0.15) is 0 Å². The van der Waals surface area contributed by atoms with Crippen molar-refractivity contribution in [1.29, 1.82) is 0 Å². The van der Waals surface area contributed by atoms with E-state index in [1.807, 2.05) is 0 Å². The highest BCUT2D eigenvalue weighted by molar-refractivity contribution is 9.12. The first-order valence-electron chi connectivity index (χ1n) is 3.56. The van der Waals surface area contributed by atoms with Crippen LogP contribution >= 0.6 is 43.2 Å². The van der Waals surface area contributed by atoms with Crippen molar-refractivity contribution >= 4 is 59.1 Å². The molecule has 15 heavy (non-hydrogen) atoms. The monoisotopic (exact) mass is 376 g/mol. The molecule has 0 aliphatic heterocycles. The Balaban J connectivity index is 2.96. The van der Waals surface area contributed by atoms with Crippen LogP contribution in [0, 0.1) is 0 Å². The first-order valence-corrected chi connectivity index (χ1v) is 7.44. The van der Waals surface area contributed by atoms with Crippen molar-refractivity contribution in [3.8, 4) is 0 Å². The Labute approximate surface area is 107 Å². The van der Waals surface area contributed by atoms with Crippen LogP contribution in [0.2, 0.25) is 0 Å². The number of hydrogen-bond donors (Lipinski definition) is 2. The minimum absolute atomic E-state index is 0.0839. The Morgan fingerprint density at radius 2 is 2.13 bits per heavy atom. The van der Waals surface area contributed by atoms with Gasteiger partial charge in [0.2, 0.25) is 15.9 Å². The summed E-state index contributed by atoms with van der Waals surface area (Å²) in [5.74, 6) is -0.732. The summed E-state index contributed by atoms with van der Waals surface area (Å²) in [6, 6.07) is 1.44. The Hall–Kier alpha value is 0.0400. The van der Waals surface area contributed by atoms with E-state index < -0.39 is 22.5 Å². The van der Waals surface area contributed by atoms with E-state index in [-0.39, 0.29) is 4.90 Å². The standard InChI is InChI=1S/C6H6Br2N2O3S2/c7-4-1-3(6(8)14-4)15(12,13)10-2-5(9)11/h1,10H,2H2,(H2,9,11). The molecule has 0 aromatic carbocycles. The van der Waals surface area contributed by atoms with Gasteiger partial charge in [0.1, 0.15) is 4.90 Å². The molecule has 3 N–H and O–H groups in total. The Morgan fingerprint density at radius 1 is 1.53 bits per heavy atom. The maximum absolute atomic E-state index is 11.6. The number of halogens is 2. The molecule has 1 heterocycles. The fourth-order valence-electron chi connectivity index (χ4n) is 0.752. The molecule has 0 fully saturated rings. The topological polar surface area (TPSA) is 89.3 Å². The second-order valence-electron chi connectivity index (χ2n) is 2.48. The summed E-state index contributed by atoms with van der Waals surface area (Å²) in [7, 11) is -3.68. The van der Waals surface area contributed by atoms with E-state index in [0.717, 1.165) is 0 Å². The van der Waals surface area contributed by atoms with Crippen molar-refractivity contribution in [3.63, 3.8) is 0 Å². The largest absolute Gasteiger partial charge is 0.369 e. The van der Waals surface area contributed by atoms with Crippen LogP contribution in [0.5, 0.6) is 0 Å². The highest BCUT2D eigenvalue weighted by Gasteiger charge is 2.20. The van der Waals surface area contributed by atoms with Crippen LogP contribution in [0.4, 0.5) is 0 Å². The molecule has 0 saturated carbocycles. The number of carbonyl (C=O) groups is 1. The van der Waals surface area contributed by atoms with Gasteiger partial charge in [-0.05, 0) is 37.9 Å². The third kappa shape index (κ3) is 3.52. The predicted octanol–water partition coefficient (Wildman–Crippen LogP) is 1.04. The Morgan fingerprint density at radius 3 is 2.53 bits per heavy atom. The van der Waals surface area contributed by atoms with Crippen LogP contribution in [0.25, 0.3) is 0 Å². The second kappa shape index (κ2) is 4.91. The molecular formula is C6H6Br2N2O3S2. The molecule has 0 aliphatic rings. The zero-order valence-electron chi connectivity index (χ0n) is 7.16. The quantitative estimate of drug-likeness (QED) is 0.821. The number of carbonyl (C=O) groups excluding carboxylic acids is 1. The molecule has 1 amide bonds. The first kappa shape index (κ1) is 13.1. The summed E-state index contributed by atoms with van der Waals surface area (Å²) >= 11 is 7.50. The van der Waals surface area contributed by atoms with E-state index >= 15 is 0 Å². The van der Waals surface area contributed by atoms with E-state index in [0.29, 0.717) is 7.57 Å². The van der Waals surface area contributed by atoms with Crippen LogP contribution in [-0.2, 0) is 14.8 Å². The molecule has 0 aliphatic carbocycles. The fourth-order valence-corrected chi connectivity index (χ4v) is 5.56. The lowest BCUT2D eigenvalue weighted by atomic mass is 10.7. The molecular weight excluding hydrogens is 372 g/mol. The Bertz CT molecular complexity index is 483. The van der Waals surface area contributed by atoms with Crippen molar-refractivity contribution in [2.24, 2.45) is 5.73 Å². The molecule has 1 aromatic heterocycles. The maximum Gasteiger partial charge on any atom is 0.243 e. The van der Waals surface area contributed by atoms with Gasteiger partial charge in [-0.1, -0.05) is 0 Å². The number of rotatable bonds is 4. The first-order chi connectivity index (χ1) is 6.83. The predicted molar refractivity (Wildman–Crippen MR) is 64.1 cm³/mol. The lowest BCUT2D eigenvalue weighted by Gasteiger charge is -2.02. The van der Waals surface area contributed by atoms with Gasteiger partial charge >= 0.3 is 0 Å². The third-order valence-corrected chi connectivity index (χ3v) is 5.51. The molecule has 84 valence electrons. The van der Waals surface area contributed by atoms with E-state index in [1.54, 1.807) is 0 Å². The van der Waals surface area contributed by atoms with E-state index in [2.05, 4.69) is 36.6 Å². The summed E-state index contributed by atoms with van der Waals surface area (Å²) < 4.78 is 26.4. The summed E-state index contributed by atoms with van der Waals surface area (Å²) in [6.07, 6.45) is 0. The van der Waals surface area contributed by atoms with Gasteiger partial charge in [0, 0.05) is 0 Å². The number of hydrogen-bond acceptors (Lipinski definition) is 4. The van der Waals surface area contributed by atoms with Crippen molar-refractivity contribution < 1.29 is 13.2 Å². The highest BCUT2D eigenvalue weighted by Crippen LogP contribution is 2.34. The summed E-state index contributed by atoms with van der Waals surface area (Å²) in [6.45, 7) is -0.414. The van der Waals surface area contributed by atoms with Gasteiger partial charge in [-0.15, -0.1) is 11.3 Å². The van der Waals surface area contributed by atoms with Gasteiger partial charge in [0.05, 0.1) is 14.1 Å². The van der Waals surface area contributed by atoms with E-state index in [1.165, 1.54) is 17.4 Å². The number of amides is 1. The van der Waals surface area contributed by atoms with Gasteiger partial charge in [0.15, 0.2) is 0 Å². The highest BCUT2D eigenvalue weighted by atomic mass is 79.9. The Kier molecular flexibility index (Phi) is 4.29. The minimum atomic E-state index is -3.68. The average molecular weight is 378 g/mol. The van der Waals surface area contributed by atoms with Gasteiger partial charge < -0.3 is 5.73 Å². The number of nitrogens with one attached hydrogen (secondary N) is 1. The van der Waals surface area contributed by atoms with Crippen LogP contribution in [0.3, 0.4) is 0 Å². The minimum Gasteiger partial charge on any atom is -0.369 e. The molecule has 5 nitrogen and oxygen atoms in total. The molecule has 0 bridgehead atoms. The second-order valence-corrected chi connectivity index (χ2v) is 7.96. The molecule has 0 unspecified atom stereocenters. The third-order valence-electron chi connectivity index (χ3n) is 1.35. The lowest BCUT2D eigenvalue weighted by Crippen LogP contribution is -2.33. The molecule has 1 aromatic rings. The SMILES string of the molecule is NC(=O)CNS(=O)(=O)c1cc(Br)sc1Br. The van der Waals surface area contributed by atoms with Crippen molar-refractivity contribution in [2.45, 2.75) is 4.90 Å². The van der Waals surface area contributed by atoms with Gasteiger partial charge in [-0.2, -0.15) is 0 Å². The van der Waals surface area contributed by atoms with Gasteiger partial charge in [-0.25, -0.2) is 13.1 Å². The van der Waals surface area contributed by atoms with Crippen LogP contribution in [-0.4, -0.2) is 20.9 Å². The number of primary amides is 1. The van der Waals surface area contributed by atoms with Gasteiger partial charge in [-0.3, -0.25) is 4.79 Å². The number of sulfonamides is 1. The van der Waals surface area contributed by atoms with Gasteiger partial charge in [0.25, 0.3) is 0 Å².